The van der Waals surface area contributed by atoms with Crippen molar-refractivity contribution in [2.45, 2.75) is 13.5 Å². The van der Waals surface area contributed by atoms with Crippen LogP contribution in [-0.4, -0.2) is 25.7 Å². The molecule has 1 amide bonds. The van der Waals surface area contributed by atoms with Gasteiger partial charge in [0.05, 0.1) is 18.3 Å². The predicted molar refractivity (Wildman–Crippen MR) is 108 cm³/mol. The van der Waals surface area contributed by atoms with E-state index >= 15 is 0 Å². The van der Waals surface area contributed by atoms with Gasteiger partial charge >= 0.3 is 0 Å². The first-order chi connectivity index (χ1) is 14.5. The first-order valence-electron chi connectivity index (χ1n) is 9.16. The van der Waals surface area contributed by atoms with Crippen LogP contribution in [0.3, 0.4) is 0 Å². The molecule has 4 rings (SSSR count). The van der Waals surface area contributed by atoms with E-state index in [1.165, 1.54) is 17.1 Å². The number of halogens is 2. The molecule has 0 aliphatic rings. The van der Waals surface area contributed by atoms with E-state index in [-0.39, 0.29) is 17.7 Å². The topological polar surface area (TPSA) is 72.7 Å². The fourth-order valence-electron chi connectivity index (χ4n) is 2.95. The number of carbonyl (C=O) groups excluding carboxylic acids is 1. The van der Waals surface area contributed by atoms with Crippen molar-refractivity contribution in [2.24, 2.45) is 0 Å². The van der Waals surface area contributed by atoms with Gasteiger partial charge in [-0.3, -0.25) is 4.79 Å². The Kier molecular flexibility index (Phi) is 5.30. The SMILES string of the molecule is Cc1cnn(Cc2cc(F)ccc2F)c1NC(=O)c1cnc(-c2ccccc2)nc1. The van der Waals surface area contributed by atoms with Crippen LogP contribution < -0.4 is 5.32 Å². The van der Waals surface area contributed by atoms with Crippen LogP contribution in [0, 0.1) is 18.6 Å². The van der Waals surface area contributed by atoms with Crippen LogP contribution in [0.15, 0.2) is 67.1 Å². The first-order valence-corrected chi connectivity index (χ1v) is 9.16. The summed E-state index contributed by atoms with van der Waals surface area (Å²) in [6.45, 7) is 1.73. The lowest BCUT2D eigenvalue weighted by Crippen LogP contribution is -2.17. The van der Waals surface area contributed by atoms with E-state index in [1.807, 2.05) is 30.3 Å². The number of carbonyl (C=O) groups is 1. The smallest absolute Gasteiger partial charge is 0.259 e. The summed E-state index contributed by atoms with van der Waals surface area (Å²) in [7, 11) is 0. The van der Waals surface area contributed by atoms with Gasteiger partial charge in [-0.05, 0) is 25.1 Å². The van der Waals surface area contributed by atoms with E-state index < -0.39 is 17.5 Å². The van der Waals surface area contributed by atoms with Crippen LogP contribution in [0.4, 0.5) is 14.6 Å². The van der Waals surface area contributed by atoms with Crippen molar-refractivity contribution >= 4 is 11.7 Å². The van der Waals surface area contributed by atoms with Crippen LogP contribution in [0.25, 0.3) is 11.4 Å². The lowest BCUT2D eigenvalue weighted by Gasteiger charge is -2.11. The minimum Gasteiger partial charge on any atom is -0.306 e. The molecule has 0 fully saturated rings. The zero-order valence-corrected chi connectivity index (χ0v) is 16.0. The predicted octanol–water partition coefficient (Wildman–Crippen LogP) is 4.23. The minimum atomic E-state index is -0.549. The average Bonchev–Trinajstić information content (AvgIpc) is 3.10. The number of hydrogen-bond acceptors (Lipinski definition) is 4. The Bertz CT molecular complexity index is 1190. The molecular formula is C22H17F2N5O. The lowest BCUT2D eigenvalue weighted by atomic mass is 10.2. The molecule has 0 aliphatic heterocycles. The van der Waals surface area contributed by atoms with Crippen molar-refractivity contribution < 1.29 is 13.6 Å². The van der Waals surface area contributed by atoms with E-state index in [1.54, 1.807) is 13.1 Å². The van der Waals surface area contributed by atoms with Crippen LogP contribution in [0.5, 0.6) is 0 Å². The second-order valence-electron chi connectivity index (χ2n) is 6.69. The van der Waals surface area contributed by atoms with Gasteiger partial charge in [0.2, 0.25) is 0 Å². The molecule has 1 N–H and O–H groups in total. The van der Waals surface area contributed by atoms with E-state index in [0.717, 1.165) is 23.8 Å². The molecule has 0 spiro atoms. The Morgan fingerprint density at radius 3 is 2.50 bits per heavy atom. The summed E-state index contributed by atoms with van der Waals surface area (Å²) in [6, 6.07) is 12.6. The third-order valence-electron chi connectivity index (χ3n) is 4.53. The van der Waals surface area contributed by atoms with Gasteiger partial charge in [0.25, 0.3) is 5.91 Å². The van der Waals surface area contributed by atoms with Crippen molar-refractivity contribution in [3.63, 3.8) is 0 Å². The highest BCUT2D eigenvalue weighted by atomic mass is 19.1. The molecule has 30 heavy (non-hydrogen) atoms. The number of amides is 1. The third-order valence-corrected chi connectivity index (χ3v) is 4.53. The number of nitrogens with one attached hydrogen (secondary N) is 1. The highest BCUT2D eigenvalue weighted by Gasteiger charge is 2.15. The number of nitrogens with zero attached hydrogens (tertiary/aromatic N) is 4. The van der Waals surface area contributed by atoms with Gasteiger partial charge < -0.3 is 5.32 Å². The van der Waals surface area contributed by atoms with Crippen molar-refractivity contribution in [3.05, 3.63) is 95.4 Å². The van der Waals surface area contributed by atoms with Crippen LogP contribution >= 0.6 is 0 Å². The largest absolute Gasteiger partial charge is 0.306 e. The molecule has 0 bridgehead atoms. The van der Waals surface area contributed by atoms with Gasteiger partial charge in [-0.25, -0.2) is 23.4 Å². The molecular weight excluding hydrogens is 388 g/mol. The maximum absolute atomic E-state index is 14.0. The van der Waals surface area contributed by atoms with E-state index in [0.29, 0.717) is 17.2 Å². The van der Waals surface area contributed by atoms with Crippen LogP contribution in [-0.2, 0) is 6.54 Å². The summed E-state index contributed by atoms with van der Waals surface area (Å²) < 4.78 is 28.9. The van der Waals surface area contributed by atoms with Gasteiger partial charge in [0.15, 0.2) is 5.82 Å². The van der Waals surface area contributed by atoms with Gasteiger partial charge in [-0.2, -0.15) is 5.10 Å². The highest BCUT2D eigenvalue weighted by molar-refractivity contribution is 6.03. The molecule has 0 atom stereocenters. The minimum absolute atomic E-state index is 0.0313. The maximum atomic E-state index is 14.0. The average molecular weight is 405 g/mol. The van der Waals surface area contributed by atoms with Crippen molar-refractivity contribution in [2.75, 3.05) is 5.32 Å². The molecule has 0 unspecified atom stereocenters. The van der Waals surface area contributed by atoms with E-state index in [4.69, 9.17) is 0 Å². The number of aromatic nitrogens is 4. The van der Waals surface area contributed by atoms with Crippen molar-refractivity contribution in [1.29, 1.82) is 0 Å². The number of anilines is 1. The summed E-state index contributed by atoms with van der Waals surface area (Å²) in [6.07, 6.45) is 4.42. The Morgan fingerprint density at radius 2 is 1.77 bits per heavy atom. The van der Waals surface area contributed by atoms with Gasteiger partial charge in [0, 0.05) is 29.1 Å². The standard InChI is InChI=1S/C22H17F2N5O/c1-14-10-27-29(13-16-9-18(23)7-8-19(16)24)21(14)28-22(30)17-11-25-20(26-12-17)15-5-3-2-4-6-15/h2-12H,13H2,1H3,(H,28,30). The Labute approximate surface area is 171 Å². The van der Waals surface area contributed by atoms with Crippen molar-refractivity contribution in [3.8, 4) is 11.4 Å². The molecule has 150 valence electrons. The number of hydrogen-bond donors (Lipinski definition) is 1. The van der Waals surface area contributed by atoms with E-state index in [9.17, 15) is 13.6 Å². The van der Waals surface area contributed by atoms with Gasteiger partial charge in [-0.15, -0.1) is 0 Å². The zero-order chi connectivity index (χ0) is 21.1. The molecule has 2 heterocycles. The number of benzene rings is 2. The summed E-state index contributed by atoms with van der Waals surface area (Å²) in [5.41, 5.74) is 1.92. The summed E-state index contributed by atoms with van der Waals surface area (Å²) >= 11 is 0. The number of rotatable bonds is 5. The maximum Gasteiger partial charge on any atom is 0.259 e. The molecule has 0 aliphatic carbocycles. The Hall–Kier alpha value is -3.94. The monoisotopic (exact) mass is 405 g/mol. The van der Waals surface area contributed by atoms with Crippen LogP contribution in [0.2, 0.25) is 0 Å². The van der Waals surface area contributed by atoms with Crippen molar-refractivity contribution in [1.82, 2.24) is 19.7 Å². The molecule has 0 saturated heterocycles. The summed E-state index contributed by atoms with van der Waals surface area (Å²) in [5, 5.41) is 6.92. The van der Waals surface area contributed by atoms with E-state index in [2.05, 4.69) is 20.4 Å². The molecule has 2 aromatic heterocycles. The third kappa shape index (κ3) is 4.07. The van der Waals surface area contributed by atoms with Gasteiger partial charge in [0.1, 0.15) is 17.5 Å². The number of aryl methyl sites for hydroxylation is 1. The molecule has 2 aromatic carbocycles. The Balaban J connectivity index is 1.54. The fraction of sp³-hybridized carbons (Fsp3) is 0.0909. The molecule has 4 aromatic rings. The summed E-state index contributed by atoms with van der Waals surface area (Å²) in [5.74, 6) is -0.631. The fourth-order valence-corrected chi connectivity index (χ4v) is 2.95. The Morgan fingerprint density at radius 1 is 1.03 bits per heavy atom. The zero-order valence-electron chi connectivity index (χ0n) is 16.0. The second kappa shape index (κ2) is 8.20. The van der Waals surface area contributed by atoms with Gasteiger partial charge in [-0.1, -0.05) is 30.3 Å². The molecule has 8 heteroatoms. The lowest BCUT2D eigenvalue weighted by molar-refractivity contribution is 0.102. The quantitative estimate of drug-likeness (QED) is 0.539. The van der Waals surface area contributed by atoms with Crippen LogP contribution in [0.1, 0.15) is 21.5 Å². The summed E-state index contributed by atoms with van der Waals surface area (Å²) in [4.78, 5) is 21.2. The molecule has 0 radical (unpaired) electrons. The second-order valence-corrected chi connectivity index (χ2v) is 6.69. The first kappa shape index (κ1) is 19.4. The molecule has 6 nitrogen and oxygen atoms in total. The molecule has 0 saturated carbocycles. The highest BCUT2D eigenvalue weighted by Crippen LogP contribution is 2.19. The normalized spacial score (nSPS) is 10.8.